The molecule has 18 heavy (non-hydrogen) atoms. The number of halogens is 4. The Morgan fingerprint density at radius 2 is 2.00 bits per heavy atom. The van der Waals surface area contributed by atoms with Crippen LogP contribution in [0.25, 0.3) is 0 Å². The van der Waals surface area contributed by atoms with Crippen LogP contribution in [0.3, 0.4) is 0 Å². The second-order valence-corrected chi connectivity index (χ2v) is 4.16. The van der Waals surface area contributed by atoms with E-state index < -0.39 is 25.0 Å². The fourth-order valence-electron chi connectivity index (χ4n) is 1.44. The summed E-state index contributed by atoms with van der Waals surface area (Å²) in [5, 5.41) is 0. The van der Waals surface area contributed by atoms with Gasteiger partial charge in [0.1, 0.15) is 0 Å². The van der Waals surface area contributed by atoms with Gasteiger partial charge in [0.15, 0.2) is 11.6 Å². The molecule has 1 aromatic carbocycles. The summed E-state index contributed by atoms with van der Waals surface area (Å²) in [5.74, 6) is -0.844. The van der Waals surface area contributed by atoms with E-state index in [9.17, 15) is 17.6 Å². The van der Waals surface area contributed by atoms with Crippen molar-refractivity contribution >= 4 is 0 Å². The molecular weight excluding hydrogens is 250 g/mol. The molecule has 0 aliphatic heterocycles. The van der Waals surface area contributed by atoms with Gasteiger partial charge in [0.25, 0.3) is 0 Å². The maximum atomic E-state index is 13.5. The molecule has 0 amide bonds. The Morgan fingerprint density at radius 1 is 1.33 bits per heavy atom. The number of benzene rings is 1. The third-order valence-electron chi connectivity index (χ3n) is 2.20. The molecule has 0 aliphatic rings. The average molecular weight is 265 g/mol. The van der Waals surface area contributed by atoms with Crippen molar-refractivity contribution in [3.8, 4) is 5.75 Å². The van der Waals surface area contributed by atoms with Crippen molar-refractivity contribution in [1.29, 1.82) is 0 Å². The summed E-state index contributed by atoms with van der Waals surface area (Å²) in [6.07, 6.45) is -4.90. The van der Waals surface area contributed by atoms with Crippen LogP contribution in [0.2, 0.25) is 0 Å². The van der Waals surface area contributed by atoms with Crippen molar-refractivity contribution in [2.75, 3.05) is 6.61 Å². The monoisotopic (exact) mass is 265 g/mol. The SMILES string of the molecule is CC(N)Cc1ccc(OCCC(F)(F)F)c(F)c1. The van der Waals surface area contributed by atoms with Gasteiger partial charge in [0, 0.05) is 6.04 Å². The van der Waals surface area contributed by atoms with Crippen LogP contribution in [0.15, 0.2) is 18.2 Å². The zero-order valence-corrected chi connectivity index (χ0v) is 9.93. The van der Waals surface area contributed by atoms with Crippen molar-refractivity contribution in [3.05, 3.63) is 29.6 Å². The highest BCUT2D eigenvalue weighted by Gasteiger charge is 2.27. The maximum absolute atomic E-state index is 13.5. The van der Waals surface area contributed by atoms with E-state index in [-0.39, 0.29) is 11.8 Å². The van der Waals surface area contributed by atoms with Crippen molar-refractivity contribution < 1.29 is 22.3 Å². The van der Waals surface area contributed by atoms with Crippen LogP contribution < -0.4 is 10.5 Å². The number of ether oxygens (including phenoxy) is 1. The second kappa shape index (κ2) is 6.04. The Morgan fingerprint density at radius 3 is 2.50 bits per heavy atom. The van der Waals surface area contributed by atoms with Crippen molar-refractivity contribution in [2.45, 2.75) is 32.0 Å². The lowest BCUT2D eigenvalue weighted by Gasteiger charge is -2.11. The quantitative estimate of drug-likeness (QED) is 0.830. The fourth-order valence-corrected chi connectivity index (χ4v) is 1.44. The summed E-state index contributed by atoms with van der Waals surface area (Å²) in [6.45, 7) is 1.19. The van der Waals surface area contributed by atoms with Crippen molar-refractivity contribution in [2.24, 2.45) is 5.73 Å². The van der Waals surface area contributed by atoms with Gasteiger partial charge in [-0.3, -0.25) is 0 Å². The molecule has 1 unspecified atom stereocenters. The van der Waals surface area contributed by atoms with Gasteiger partial charge in [-0.25, -0.2) is 4.39 Å². The van der Waals surface area contributed by atoms with E-state index in [4.69, 9.17) is 10.5 Å². The third-order valence-corrected chi connectivity index (χ3v) is 2.20. The summed E-state index contributed by atoms with van der Waals surface area (Å²) in [4.78, 5) is 0. The molecule has 0 bridgehead atoms. The molecule has 1 aromatic rings. The zero-order chi connectivity index (χ0) is 13.8. The molecular formula is C12H15F4NO. The molecule has 1 rings (SSSR count). The van der Waals surface area contributed by atoms with Gasteiger partial charge in [0.05, 0.1) is 13.0 Å². The minimum Gasteiger partial charge on any atom is -0.490 e. The molecule has 102 valence electrons. The van der Waals surface area contributed by atoms with E-state index in [1.54, 1.807) is 13.0 Å². The number of hydrogen-bond donors (Lipinski definition) is 1. The molecule has 0 radical (unpaired) electrons. The van der Waals surface area contributed by atoms with Crippen molar-refractivity contribution in [3.63, 3.8) is 0 Å². The van der Waals surface area contributed by atoms with Gasteiger partial charge in [-0.05, 0) is 31.0 Å². The molecule has 2 N–H and O–H groups in total. The third kappa shape index (κ3) is 5.35. The zero-order valence-electron chi connectivity index (χ0n) is 9.93. The standard InChI is InChI=1S/C12H15F4NO/c1-8(17)6-9-2-3-11(10(13)7-9)18-5-4-12(14,15)16/h2-3,7-8H,4-6,17H2,1H3. The molecule has 0 fully saturated rings. The normalized spacial score (nSPS) is 13.4. The van der Waals surface area contributed by atoms with E-state index >= 15 is 0 Å². The summed E-state index contributed by atoms with van der Waals surface area (Å²) < 4.78 is 53.9. The van der Waals surface area contributed by atoms with E-state index in [0.29, 0.717) is 12.0 Å². The Hall–Kier alpha value is -1.30. The predicted octanol–water partition coefficient (Wildman–Crippen LogP) is 3.05. The van der Waals surface area contributed by atoms with Crippen LogP contribution in [-0.4, -0.2) is 18.8 Å². The van der Waals surface area contributed by atoms with E-state index in [1.807, 2.05) is 0 Å². The minimum atomic E-state index is -4.30. The molecule has 0 spiro atoms. The highest BCUT2D eigenvalue weighted by atomic mass is 19.4. The molecule has 2 nitrogen and oxygen atoms in total. The lowest BCUT2D eigenvalue weighted by atomic mass is 10.1. The number of rotatable bonds is 5. The van der Waals surface area contributed by atoms with Gasteiger partial charge < -0.3 is 10.5 Å². The van der Waals surface area contributed by atoms with Crippen LogP contribution in [0.4, 0.5) is 17.6 Å². The van der Waals surface area contributed by atoms with Crippen LogP contribution in [-0.2, 0) is 6.42 Å². The number of hydrogen-bond acceptors (Lipinski definition) is 2. The van der Waals surface area contributed by atoms with E-state index in [1.165, 1.54) is 12.1 Å². The number of alkyl halides is 3. The molecule has 0 aromatic heterocycles. The van der Waals surface area contributed by atoms with Gasteiger partial charge in [-0.1, -0.05) is 6.07 Å². The Balaban J connectivity index is 2.57. The molecule has 0 saturated carbocycles. The number of nitrogens with two attached hydrogens (primary N) is 1. The topological polar surface area (TPSA) is 35.2 Å². The highest BCUT2D eigenvalue weighted by molar-refractivity contribution is 5.29. The predicted molar refractivity (Wildman–Crippen MR) is 59.9 cm³/mol. The summed E-state index contributed by atoms with van der Waals surface area (Å²) in [7, 11) is 0. The Bertz CT molecular complexity index is 390. The Kier molecular flexibility index (Phi) is 4.95. The van der Waals surface area contributed by atoms with Gasteiger partial charge >= 0.3 is 6.18 Å². The lowest BCUT2D eigenvalue weighted by Crippen LogP contribution is -2.18. The Labute approximate surface area is 103 Å². The molecule has 0 heterocycles. The summed E-state index contributed by atoms with van der Waals surface area (Å²) in [5.41, 5.74) is 6.25. The van der Waals surface area contributed by atoms with E-state index in [0.717, 1.165) is 0 Å². The average Bonchev–Trinajstić information content (AvgIpc) is 2.18. The first-order valence-electron chi connectivity index (χ1n) is 5.51. The van der Waals surface area contributed by atoms with E-state index in [2.05, 4.69) is 0 Å². The fraction of sp³-hybridized carbons (Fsp3) is 0.500. The first kappa shape index (κ1) is 14.8. The second-order valence-electron chi connectivity index (χ2n) is 4.16. The van der Waals surface area contributed by atoms with Crippen LogP contribution in [0, 0.1) is 5.82 Å². The lowest BCUT2D eigenvalue weighted by molar-refractivity contribution is -0.139. The summed E-state index contributed by atoms with van der Waals surface area (Å²) >= 11 is 0. The smallest absolute Gasteiger partial charge is 0.392 e. The van der Waals surface area contributed by atoms with Crippen LogP contribution in [0.1, 0.15) is 18.9 Å². The summed E-state index contributed by atoms with van der Waals surface area (Å²) in [6, 6.07) is 4.03. The maximum Gasteiger partial charge on any atom is 0.392 e. The van der Waals surface area contributed by atoms with Gasteiger partial charge in [-0.2, -0.15) is 13.2 Å². The van der Waals surface area contributed by atoms with Crippen molar-refractivity contribution in [1.82, 2.24) is 0 Å². The molecule has 0 aliphatic carbocycles. The first-order chi connectivity index (χ1) is 8.28. The van der Waals surface area contributed by atoms with Gasteiger partial charge in [0.2, 0.25) is 0 Å². The van der Waals surface area contributed by atoms with Gasteiger partial charge in [-0.15, -0.1) is 0 Å². The molecule has 1 atom stereocenters. The molecule has 6 heteroatoms. The first-order valence-corrected chi connectivity index (χ1v) is 5.51. The minimum absolute atomic E-state index is 0.110. The highest BCUT2D eigenvalue weighted by Crippen LogP contribution is 2.22. The largest absolute Gasteiger partial charge is 0.490 e. The van der Waals surface area contributed by atoms with Crippen LogP contribution >= 0.6 is 0 Å². The van der Waals surface area contributed by atoms with Crippen LogP contribution in [0.5, 0.6) is 5.75 Å². The molecule has 0 saturated heterocycles.